The van der Waals surface area contributed by atoms with Crippen LogP contribution in [0.25, 0.3) is 0 Å². The van der Waals surface area contributed by atoms with Crippen LogP contribution in [0.2, 0.25) is 0 Å². The van der Waals surface area contributed by atoms with E-state index in [0.717, 1.165) is 12.8 Å². The summed E-state index contributed by atoms with van der Waals surface area (Å²) in [7, 11) is 0. The second-order valence-electron chi connectivity index (χ2n) is 3.06. The zero-order valence-corrected chi connectivity index (χ0v) is 6.72. The Morgan fingerprint density at radius 3 is 3.09 bits per heavy atom. The van der Waals surface area contributed by atoms with Gasteiger partial charge in [-0.15, -0.1) is 0 Å². The first kappa shape index (κ1) is 6.66. The van der Waals surface area contributed by atoms with Gasteiger partial charge in [0.1, 0.15) is 0 Å². The first-order valence-corrected chi connectivity index (χ1v) is 4.00. The molecule has 0 spiro atoms. The van der Waals surface area contributed by atoms with E-state index >= 15 is 0 Å². The average molecular weight is 143 g/mol. The monoisotopic (exact) mass is 143 g/mol. The van der Waals surface area contributed by atoms with Gasteiger partial charge in [-0.05, 0) is 37.0 Å². The highest BCUT2D eigenvalue weighted by molar-refractivity contribution is 5.35. The first-order valence-electron chi connectivity index (χ1n) is 4.00. The van der Waals surface area contributed by atoms with Crippen LogP contribution in [0.4, 0.5) is 0 Å². The van der Waals surface area contributed by atoms with Crippen LogP contribution < -0.4 is 0 Å². The summed E-state index contributed by atoms with van der Waals surface area (Å²) in [6.07, 6.45) is 7.42. The van der Waals surface area contributed by atoms with Gasteiger partial charge in [-0.1, -0.05) is 29.8 Å². The van der Waals surface area contributed by atoms with E-state index in [1.165, 1.54) is 16.7 Å². The van der Waals surface area contributed by atoms with Crippen LogP contribution in [0.5, 0.6) is 0 Å². The maximum Gasteiger partial charge on any atom is -0.00232 e. The summed E-state index contributed by atoms with van der Waals surface area (Å²) >= 11 is 0. The van der Waals surface area contributed by atoms with Crippen LogP contribution in [0.1, 0.15) is 16.7 Å². The molecule has 0 aromatic heterocycles. The van der Waals surface area contributed by atoms with Gasteiger partial charge in [-0.2, -0.15) is 0 Å². The Kier molecular flexibility index (Phi) is 1.54. The van der Waals surface area contributed by atoms with E-state index in [9.17, 15) is 0 Å². The molecular formula is C11H11. The zero-order valence-electron chi connectivity index (χ0n) is 6.72. The van der Waals surface area contributed by atoms with Crippen molar-refractivity contribution in [1.29, 1.82) is 0 Å². The van der Waals surface area contributed by atoms with Crippen molar-refractivity contribution in [1.82, 2.24) is 0 Å². The van der Waals surface area contributed by atoms with Crippen LogP contribution >= 0.6 is 0 Å². The fraction of sp³-hybridized carbons (Fsp3) is 0.273. The molecule has 55 valence electrons. The number of hydrogen-bond acceptors (Lipinski definition) is 0. The van der Waals surface area contributed by atoms with Gasteiger partial charge in [0.05, 0.1) is 0 Å². The van der Waals surface area contributed by atoms with Crippen molar-refractivity contribution >= 4 is 0 Å². The molecule has 1 aromatic rings. The standard InChI is InChI=1S/C11H11/c1-9-6-7-10-4-2-3-5-11(10)8-9/h3,6-8H,4-5H2,1H3. The smallest absolute Gasteiger partial charge is 0.00232 e. The molecule has 0 heterocycles. The molecule has 0 bridgehead atoms. The van der Waals surface area contributed by atoms with Crippen molar-refractivity contribution in [2.45, 2.75) is 19.8 Å². The highest BCUT2D eigenvalue weighted by Gasteiger charge is 2.03. The predicted molar refractivity (Wildman–Crippen MR) is 46.4 cm³/mol. The predicted octanol–water partition coefficient (Wildman–Crippen LogP) is 2.45. The summed E-state index contributed by atoms with van der Waals surface area (Å²) in [6.45, 7) is 2.14. The lowest BCUT2D eigenvalue weighted by atomic mass is 9.95. The van der Waals surface area contributed by atoms with Crippen molar-refractivity contribution in [3.05, 3.63) is 47.0 Å². The molecule has 11 heavy (non-hydrogen) atoms. The van der Waals surface area contributed by atoms with Crippen molar-refractivity contribution < 1.29 is 0 Å². The Bertz CT molecular complexity index is 295. The molecule has 0 N–H and O–H groups in total. The molecule has 1 aliphatic rings. The minimum atomic E-state index is 0.996. The Hall–Kier alpha value is -1.04. The Morgan fingerprint density at radius 1 is 1.27 bits per heavy atom. The highest BCUT2D eigenvalue weighted by Crippen LogP contribution is 2.16. The van der Waals surface area contributed by atoms with Crippen LogP contribution in [0, 0.1) is 13.0 Å². The summed E-state index contributed by atoms with van der Waals surface area (Å²) in [5, 5.41) is 0. The number of hydrogen-bond donors (Lipinski definition) is 0. The lowest BCUT2D eigenvalue weighted by Gasteiger charge is -2.10. The molecular weight excluding hydrogens is 132 g/mol. The number of aryl methyl sites for hydroxylation is 1. The normalized spacial score (nSPS) is 14.6. The summed E-state index contributed by atoms with van der Waals surface area (Å²) in [5.41, 5.74) is 4.28. The molecule has 0 fully saturated rings. The number of benzene rings is 1. The number of allylic oxidation sites excluding steroid dienone is 2. The third-order valence-corrected chi connectivity index (χ3v) is 2.12. The van der Waals surface area contributed by atoms with E-state index < -0.39 is 0 Å². The van der Waals surface area contributed by atoms with E-state index in [0.29, 0.717) is 0 Å². The summed E-state index contributed by atoms with van der Waals surface area (Å²) in [6, 6.07) is 6.66. The Balaban J connectivity index is 2.48. The second kappa shape index (κ2) is 2.54. The van der Waals surface area contributed by atoms with Gasteiger partial charge in [0.25, 0.3) is 0 Å². The Labute approximate surface area is 67.6 Å². The lowest BCUT2D eigenvalue weighted by Crippen LogP contribution is -1.97. The third-order valence-electron chi connectivity index (χ3n) is 2.12. The molecule has 0 saturated carbocycles. The van der Waals surface area contributed by atoms with Gasteiger partial charge in [-0.3, -0.25) is 0 Å². The summed E-state index contributed by atoms with van der Waals surface area (Å²) in [4.78, 5) is 0. The topological polar surface area (TPSA) is 0 Å². The minimum Gasteiger partial charge on any atom is -0.0763 e. The van der Waals surface area contributed by atoms with Crippen molar-refractivity contribution in [2.75, 3.05) is 0 Å². The molecule has 1 aliphatic carbocycles. The largest absolute Gasteiger partial charge is 0.0763 e. The molecule has 0 unspecified atom stereocenters. The Morgan fingerprint density at radius 2 is 2.18 bits per heavy atom. The fourth-order valence-corrected chi connectivity index (χ4v) is 1.48. The second-order valence-corrected chi connectivity index (χ2v) is 3.06. The molecule has 0 amide bonds. The van der Waals surface area contributed by atoms with Gasteiger partial charge < -0.3 is 0 Å². The zero-order chi connectivity index (χ0) is 7.68. The maximum absolute atomic E-state index is 3.24. The number of rotatable bonds is 0. The molecule has 0 nitrogen and oxygen atoms in total. The van der Waals surface area contributed by atoms with Gasteiger partial charge in [0, 0.05) is 0 Å². The van der Waals surface area contributed by atoms with E-state index in [2.05, 4.69) is 37.3 Å². The van der Waals surface area contributed by atoms with E-state index in [1.54, 1.807) is 0 Å². The fourth-order valence-electron chi connectivity index (χ4n) is 1.48. The maximum atomic E-state index is 3.24. The molecule has 0 atom stereocenters. The van der Waals surface area contributed by atoms with Gasteiger partial charge in [-0.25, -0.2) is 0 Å². The van der Waals surface area contributed by atoms with Crippen LogP contribution in [0.15, 0.2) is 24.3 Å². The minimum absolute atomic E-state index is 0.996. The van der Waals surface area contributed by atoms with Gasteiger partial charge >= 0.3 is 0 Å². The molecule has 0 saturated heterocycles. The number of fused-ring (bicyclic) bond motifs is 1. The van der Waals surface area contributed by atoms with Crippen LogP contribution in [-0.4, -0.2) is 0 Å². The van der Waals surface area contributed by atoms with Crippen LogP contribution in [-0.2, 0) is 12.8 Å². The summed E-state index contributed by atoms with van der Waals surface area (Å²) < 4.78 is 0. The van der Waals surface area contributed by atoms with Crippen molar-refractivity contribution in [2.24, 2.45) is 0 Å². The van der Waals surface area contributed by atoms with Crippen LogP contribution in [0.3, 0.4) is 0 Å². The first-order chi connectivity index (χ1) is 5.36. The quantitative estimate of drug-likeness (QED) is 0.523. The average Bonchev–Trinajstić information content (AvgIpc) is 2.04. The van der Waals surface area contributed by atoms with E-state index in [4.69, 9.17) is 0 Å². The molecule has 0 heteroatoms. The van der Waals surface area contributed by atoms with E-state index in [-0.39, 0.29) is 0 Å². The third kappa shape index (κ3) is 1.21. The summed E-state index contributed by atoms with van der Waals surface area (Å²) in [5.74, 6) is 0. The lowest BCUT2D eigenvalue weighted by molar-refractivity contribution is 1.06. The molecule has 0 aliphatic heterocycles. The molecule has 1 aromatic carbocycles. The van der Waals surface area contributed by atoms with Gasteiger partial charge in [0.2, 0.25) is 0 Å². The molecule has 1 radical (unpaired) electrons. The SMILES string of the molecule is Cc1ccc2c(c1)CC=[C]C2. The van der Waals surface area contributed by atoms with Gasteiger partial charge in [0.15, 0.2) is 0 Å². The molecule has 2 rings (SSSR count). The highest BCUT2D eigenvalue weighted by atomic mass is 14.1. The van der Waals surface area contributed by atoms with Crippen molar-refractivity contribution in [3.8, 4) is 0 Å². The van der Waals surface area contributed by atoms with Crippen molar-refractivity contribution in [3.63, 3.8) is 0 Å². The van der Waals surface area contributed by atoms with E-state index in [1.807, 2.05) is 0 Å².